The van der Waals surface area contributed by atoms with Crippen molar-refractivity contribution in [2.24, 2.45) is 0 Å². The molecule has 0 fully saturated rings. The molecule has 28 heavy (non-hydrogen) atoms. The number of amides is 1. The van der Waals surface area contributed by atoms with Gasteiger partial charge in [-0.25, -0.2) is 9.97 Å². The number of hydrogen-bond acceptors (Lipinski definition) is 7. The summed E-state index contributed by atoms with van der Waals surface area (Å²) in [6, 6.07) is 12.9. The number of nitrogens with zero attached hydrogens (tertiary/aromatic N) is 3. The van der Waals surface area contributed by atoms with E-state index >= 15 is 0 Å². The molecule has 3 heterocycles. The molecule has 0 saturated carbocycles. The molecule has 2 N–H and O–H groups in total. The number of aryl methyl sites for hydroxylation is 1. The first kappa shape index (κ1) is 17.7. The van der Waals surface area contributed by atoms with E-state index in [-0.39, 0.29) is 12.7 Å². The number of rotatable bonds is 6. The highest BCUT2D eigenvalue weighted by Crippen LogP contribution is 2.32. The van der Waals surface area contributed by atoms with Crippen LogP contribution in [0, 0.1) is 6.92 Å². The molecule has 2 aromatic heterocycles. The van der Waals surface area contributed by atoms with E-state index in [0.717, 1.165) is 22.8 Å². The number of fused-ring (bicyclic) bond motifs is 1. The van der Waals surface area contributed by atoms with Crippen LogP contribution in [0.25, 0.3) is 0 Å². The van der Waals surface area contributed by atoms with Crippen molar-refractivity contribution in [2.75, 3.05) is 12.1 Å². The summed E-state index contributed by atoms with van der Waals surface area (Å²) in [7, 11) is 0. The molecule has 142 valence electrons. The van der Waals surface area contributed by atoms with Crippen molar-refractivity contribution in [2.45, 2.75) is 20.0 Å². The van der Waals surface area contributed by atoms with E-state index in [9.17, 15) is 4.79 Å². The van der Waals surface area contributed by atoms with Gasteiger partial charge in [0.1, 0.15) is 17.3 Å². The van der Waals surface area contributed by atoms with Crippen LogP contribution in [0.15, 0.2) is 48.7 Å². The molecule has 0 radical (unpaired) electrons. The SMILES string of the molecule is Cc1nc(NCc2ccc3c(c2)OCO3)cc(C(=O)NCc2ccccn2)n1. The molecule has 1 aliphatic rings. The summed E-state index contributed by atoms with van der Waals surface area (Å²) >= 11 is 0. The van der Waals surface area contributed by atoms with Crippen molar-refractivity contribution in [1.82, 2.24) is 20.3 Å². The Morgan fingerprint density at radius 2 is 1.96 bits per heavy atom. The molecule has 3 aromatic rings. The summed E-state index contributed by atoms with van der Waals surface area (Å²) in [5.41, 5.74) is 2.10. The average molecular weight is 377 g/mol. The Morgan fingerprint density at radius 3 is 2.82 bits per heavy atom. The molecule has 0 bridgehead atoms. The number of aromatic nitrogens is 3. The van der Waals surface area contributed by atoms with E-state index in [0.29, 0.717) is 30.4 Å². The first-order chi connectivity index (χ1) is 13.7. The number of carbonyl (C=O) groups excluding carboxylic acids is 1. The molecule has 1 aromatic carbocycles. The highest BCUT2D eigenvalue weighted by atomic mass is 16.7. The largest absolute Gasteiger partial charge is 0.454 e. The van der Waals surface area contributed by atoms with Gasteiger partial charge in [-0.05, 0) is 36.8 Å². The minimum Gasteiger partial charge on any atom is -0.454 e. The van der Waals surface area contributed by atoms with Crippen LogP contribution in [0.1, 0.15) is 27.6 Å². The van der Waals surface area contributed by atoms with Gasteiger partial charge >= 0.3 is 0 Å². The molecule has 0 aliphatic carbocycles. The summed E-state index contributed by atoms with van der Waals surface area (Å²) in [6.45, 7) is 2.86. The van der Waals surface area contributed by atoms with Crippen LogP contribution in [0.2, 0.25) is 0 Å². The van der Waals surface area contributed by atoms with Gasteiger partial charge in [0.15, 0.2) is 11.5 Å². The van der Waals surface area contributed by atoms with Crippen molar-refractivity contribution in [1.29, 1.82) is 0 Å². The average Bonchev–Trinajstić information content (AvgIpc) is 3.19. The second-order valence-electron chi connectivity index (χ2n) is 6.23. The molecule has 4 rings (SSSR count). The van der Waals surface area contributed by atoms with Gasteiger partial charge in [0, 0.05) is 18.8 Å². The van der Waals surface area contributed by atoms with Gasteiger partial charge in [0.25, 0.3) is 5.91 Å². The fourth-order valence-electron chi connectivity index (χ4n) is 2.78. The fourth-order valence-corrected chi connectivity index (χ4v) is 2.78. The molecular weight excluding hydrogens is 358 g/mol. The molecule has 8 nitrogen and oxygen atoms in total. The number of anilines is 1. The summed E-state index contributed by atoms with van der Waals surface area (Å²) < 4.78 is 10.7. The quantitative estimate of drug-likeness (QED) is 0.681. The molecule has 8 heteroatoms. The maximum absolute atomic E-state index is 12.4. The van der Waals surface area contributed by atoms with E-state index in [1.807, 2.05) is 36.4 Å². The zero-order chi connectivity index (χ0) is 19.3. The highest BCUT2D eigenvalue weighted by Gasteiger charge is 2.14. The van der Waals surface area contributed by atoms with Gasteiger partial charge in [0.2, 0.25) is 6.79 Å². The summed E-state index contributed by atoms with van der Waals surface area (Å²) in [6.07, 6.45) is 1.69. The Bertz CT molecular complexity index is 994. The third-order valence-corrected chi connectivity index (χ3v) is 4.14. The maximum Gasteiger partial charge on any atom is 0.270 e. The summed E-state index contributed by atoms with van der Waals surface area (Å²) in [5, 5.41) is 6.04. The van der Waals surface area contributed by atoms with Crippen LogP contribution in [-0.2, 0) is 13.1 Å². The van der Waals surface area contributed by atoms with Gasteiger partial charge in [-0.1, -0.05) is 12.1 Å². The topological polar surface area (TPSA) is 98.3 Å². The smallest absolute Gasteiger partial charge is 0.270 e. The van der Waals surface area contributed by atoms with Crippen LogP contribution in [-0.4, -0.2) is 27.7 Å². The predicted molar refractivity (Wildman–Crippen MR) is 102 cm³/mol. The number of pyridine rings is 1. The van der Waals surface area contributed by atoms with Gasteiger partial charge < -0.3 is 20.1 Å². The number of ether oxygens (including phenoxy) is 2. The minimum atomic E-state index is -0.276. The summed E-state index contributed by atoms with van der Waals surface area (Å²) in [4.78, 5) is 25.2. The lowest BCUT2D eigenvalue weighted by molar-refractivity contribution is 0.0945. The van der Waals surface area contributed by atoms with Crippen molar-refractivity contribution in [3.63, 3.8) is 0 Å². The Labute approximate surface area is 162 Å². The lowest BCUT2D eigenvalue weighted by Gasteiger charge is -2.10. The fraction of sp³-hybridized carbons (Fsp3) is 0.200. The third kappa shape index (κ3) is 4.17. The number of nitrogens with one attached hydrogen (secondary N) is 2. The van der Waals surface area contributed by atoms with Gasteiger partial charge in [0.05, 0.1) is 12.2 Å². The second kappa shape index (κ2) is 7.91. The standard InChI is InChI=1S/C20H19N5O3/c1-13-24-16(20(26)23-11-15-4-2-3-7-21-15)9-19(25-13)22-10-14-5-6-17-18(8-14)28-12-27-17/h2-9H,10-12H2,1H3,(H,23,26)(H,22,24,25). The molecule has 0 unspecified atom stereocenters. The third-order valence-electron chi connectivity index (χ3n) is 4.14. The second-order valence-corrected chi connectivity index (χ2v) is 6.23. The van der Waals surface area contributed by atoms with Crippen molar-refractivity contribution in [3.8, 4) is 11.5 Å². The molecular formula is C20H19N5O3. The normalized spacial score (nSPS) is 11.9. The van der Waals surface area contributed by atoms with E-state index in [4.69, 9.17) is 9.47 Å². The van der Waals surface area contributed by atoms with Crippen LogP contribution in [0.3, 0.4) is 0 Å². The number of hydrogen-bond donors (Lipinski definition) is 2. The highest BCUT2D eigenvalue weighted by molar-refractivity contribution is 5.92. The molecule has 1 aliphatic heterocycles. The first-order valence-corrected chi connectivity index (χ1v) is 8.83. The maximum atomic E-state index is 12.4. The van der Waals surface area contributed by atoms with Crippen LogP contribution >= 0.6 is 0 Å². The van der Waals surface area contributed by atoms with Crippen molar-refractivity contribution < 1.29 is 14.3 Å². The zero-order valence-corrected chi connectivity index (χ0v) is 15.3. The zero-order valence-electron chi connectivity index (χ0n) is 15.3. The molecule has 0 saturated heterocycles. The molecule has 0 spiro atoms. The lowest BCUT2D eigenvalue weighted by atomic mass is 10.2. The molecule has 1 amide bonds. The Hall–Kier alpha value is -3.68. The van der Waals surface area contributed by atoms with Crippen molar-refractivity contribution in [3.05, 3.63) is 71.4 Å². The minimum absolute atomic E-state index is 0.244. The Kier molecular flexibility index (Phi) is 5.01. The van der Waals surface area contributed by atoms with E-state index in [1.165, 1.54) is 0 Å². The lowest BCUT2D eigenvalue weighted by Crippen LogP contribution is -2.25. The van der Waals surface area contributed by atoms with Gasteiger partial charge in [-0.3, -0.25) is 9.78 Å². The number of benzene rings is 1. The Morgan fingerprint density at radius 1 is 1.07 bits per heavy atom. The van der Waals surface area contributed by atoms with E-state index in [2.05, 4.69) is 25.6 Å². The summed E-state index contributed by atoms with van der Waals surface area (Å²) in [5.74, 6) is 2.29. The Balaban J connectivity index is 1.41. The number of carbonyl (C=O) groups is 1. The van der Waals surface area contributed by atoms with Crippen LogP contribution in [0.5, 0.6) is 11.5 Å². The van der Waals surface area contributed by atoms with Gasteiger partial charge in [-0.2, -0.15) is 0 Å². The molecule has 0 atom stereocenters. The predicted octanol–water partition coefficient (Wildman–Crippen LogP) is 2.45. The van der Waals surface area contributed by atoms with Crippen LogP contribution in [0.4, 0.5) is 5.82 Å². The monoisotopic (exact) mass is 377 g/mol. The van der Waals surface area contributed by atoms with Crippen LogP contribution < -0.4 is 20.1 Å². The van der Waals surface area contributed by atoms with Gasteiger partial charge in [-0.15, -0.1) is 0 Å². The first-order valence-electron chi connectivity index (χ1n) is 8.83. The van der Waals surface area contributed by atoms with E-state index < -0.39 is 0 Å². The van der Waals surface area contributed by atoms with Crippen molar-refractivity contribution >= 4 is 11.7 Å². The van der Waals surface area contributed by atoms with E-state index in [1.54, 1.807) is 19.2 Å².